The van der Waals surface area contributed by atoms with Gasteiger partial charge in [0.05, 0.1) is 11.1 Å². The van der Waals surface area contributed by atoms with E-state index in [1.807, 2.05) is 6.07 Å². The summed E-state index contributed by atoms with van der Waals surface area (Å²) in [6, 6.07) is 4.30. The van der Waals surface area contributed by atoms with Crippen LogP contribution >= 0.6 is 0 Å². The number of imide groups is 2. The highest BCUT2D eigenvalue weighted by molar-refractivity contribution is 6.24. The lowest BCUT2D eigenvalue weighted by Crippen LogP contribution is -2.54. The number of piperidine rings is 2. The summed E-state index contributed by atoms with van der Waals surface area (Å²) < 4.78 is 0. The maximum atomic E-state index is 13.0. The minimum Gasteiger partial charge on any atom is -0.316 e. The van der Waals surface area contributed by atoms with Crippen molar-refractivity contribution in [2.24, 2.45) is 5.92 Å². The first-order valence-electron chi connectivity index (χ1n) is 10.3. The van der Waals surface area contributed by atoms with Gasteiger partial charge in [-0.05, 0) is 62.9 Å². The first-order valence-corrected chi connectivity index (χ1v) is 10.3. The number of rotatable bonds is 6. The molecule has 3 aliphatic rings. The van der Waals surface area contributed by atoms with Crippen LogP contribution in [0.25, 0.3) is 0 Å². The van der Waals surface area contributed by atoms with E-state index in [-0.39, 0.29) is 18.7 Å². The molecule has 0 aromatic heterocycles. The van der Waals surface area contributed by atoms with Gasteiger partial charge in [0.2, 0.25) is 11.8 Å². The summed E-state index contributed by atoms with van der Waals surface area (Å²) in [6.07, 6.45) is 3.80. The fourth-order valence-electron chi connectivity index (χ4n) is 4.43. The number of nitrogens with one attached hydrogen (secondary N) is 3. The SMILES string of the molecule is O=C1CCC(N2C(=O)c3cccc(CNCC[C@H]4CCCNC4)c3C2=O)C(=O)N1. The Morgan fingerprint density at radius 3 is 2.72 bits per heavy atom. The summed E-state index contributed by atoms with van der Waals surface area (Å²) >= 11 is 0. The van der Waals surface area contributed by atoms with Gasteiger partial charge in [0.15, 0.2) is 0 Å². The second-order valence-electron chi connectivity index (χ2n) is 7.96. The molecule has 2 saturated heterocycles. The average Bonchev–Trinajstić information content (AvgIpc) is 2.98. The Bertz CT molecular complexity index is 847. The summed E-state index contributed by atoms with van der Waals surface area (Å²) in [5.74, 6) is -1.20. The van der Waals surface area contributed by atoms with Crippen molar-refractivity contribution in [1.29, 1.82) is 0 Å². The van der Waals surface area contributed by atoms with Crippen LogP contribution in [0.5, 0.6) is 0 Å². The van der Waals surface area contributed by atoms with E-state index < -0.39 is 23.8 Å². The lowest BCUT2D eigenvalue weighted by molar-refractivity contribution is -0.136. The number of fused-ring (bicyclic) bond motifs is 1. The number of hydrogen-bond donors (Lipinski definition) is 3. The van der Waals surface area contributed by atoms with Crippen LogP contribution in [0.4, 0.5) is 0 Å². The number of amides is 4. The predicted octanol–water partition coefficient (Wildman–Crippen LogP) is 0.567. The number of nitrogens with zero attached hydrogens (tertiary/aromatic N) is 1. The minimum absolute atomic E-state index is 0.119. The monoisotopic (exact) mass is 398 g/mol. The third-order valence-electron chi connectivity index (χ3n) is 6.00. The van der Waals surface area contributed by atoms with Gasteiger partial charge in [-0.15, -0.1) is 0 Å². The van der Waals surface area contributed by atoms with Crippen molar-refractivity contribution in [2.75, 3.05) is 19.6 Å². The molecule has 0 saturated carbocycles. The molecule has 2 atom stereocenters. The van der Waals surface area contributed by atoms with Gasteiger partial charge in [-0.1, -0.05) is 12.1 Å². The van der Waals surface area contributed by atoms with Crippen LogP contribution in [0.15, 0.2) is 18.2 Å². The van der Waals surface area contributed by atoms with E-state index in [9.17, 15) is 19.2 Å². The number of carbonyl (C=O) groups excluding carboxylic acids is 4. The molecule has 1 aromatic carbocycles. The predicted molar refractivity (Wildman–Crippen MR) is 105 cm³/mol. The molecule has 0 radical (unpaired) electrons. The number of benzene rings is 1. The Morgan fingerprint density at radius 2 is 1.97 bits per heavy atom. The maximum Gasteiger partial charge on any atom is 0.262 e. The normalized spacial score (nSPS) is 24.6. The van der Waals surface area contributed by atoms with Crippen molar-refractivity contribution in [1.82, 2.24) is 20.9 Å². The summed E-state index contributed by atoms with van der Waals surface area (Å²) in [4.78, 5) is 50.5. The number of hydrogen-bond acceptors (Lipinski definition) is 6. The van der Waals surface area contributed by atoms with E-state index in [4.69, 9.17) is 0 Å². The standard InChI is InChI=1S/C21H26N4O4/c26-17-7-6-16(19(27)24-17)25-20(28)15-5-1-4-14(18(15)21(25)29)12-23-10-8-13-3-2-9-22-11-13/h1,4-5,13,16,22-23H,2-3,6-12H2,(H,24,26,27)/t13-,16?/m1/s1. The topological polar surface area (TPSA) is 108 Å². The van der Waals surface area contributed by atoms with Gasteiger partial charge in [-0.25, -0.2) is 0 Å². The molecule has 2 fully saturated rings. The Balaban J connectivity index is 1.43. The van der Waals surface area contributed by atoms with E-state index >= 15 is 0 Å². The van der Waals surface area contributed by atoms with Gasteiger partial charge in [0, 0.05) is 13.0 Å². The van der Waals surface area contributed by atoms with E-state index in [2.05, 4.69) is 16.0 Å². The Morgan fingerprint density at radius 1 is 1.10 bits per heavy atom. The highest BCUT2D eigenvalue weighted by atomic mass is 16.2. The molecule has 0 aliphatic carbocycles. The first-order chi connectivity index (χ1) is 14.1. The molecule has 3 aliphatic heterocycles. The molecule has 8 heteroatoms. The highest BCUT2D eigenvalue weighted by Crippen LogP contribution is 2.29. The van der Waals surface area contributed by atoms with Gasteiger partial charge in [-0.2, -0.15) is 0 Å². The molecule has 0 spiro atoms. The zero-order valence-electron chi connectivity index (χ0n) is 16.3. The summed E-state index contributed by atoms with van der Waals surface area (Å²) in [7, 11) is 0. The van der Waals surface area contributed by atoms with Crippen LogP contribution in [0.2, 0.25) is 0 Å². The van der Waals surface area contributed by atoms with Crippen molar-refractivity contribution in [3.63, 3.8) is 0 Å². The van der Waals surface area contributed by atoms with Crippen LogP contribution in [-0.2, 0) is 16.1 Å². The van der Waals surface area contributed by atoms with Crippen LogP contribution in [-0.4, -0.2) is 54.2 Å². The molecule has 3 N–H and O–H groups in total. The smallest absolute Gasteiger partial charge is 0.262 e. The largest absolute Gasteiger partial charge is 0.316 e. The quantitative estimate of drug-likeness (QED) is 0.478. The fourth-order valence-corrected chi connectivity index (χ4v) is 4.43. The van der Waals surface area contributed by atoms with Crippen molar-refractivity contribution in [3.05, 3.63) is 34.9 Å². The van der Waals surface area contributed by atoms with Gasteiger partial charge < -0.3 is 10.6 Å². The molecule has 1 unspecified atom stereocenters. The third-order valence-corrected chi connectivity index (χ3v) is 6.00. The second kappa shape index (κ2) is 8.42. The van der Waals surface area contributed by atoms with E-state index in [0.29, 0.717) is 23.6 Å². The molecule has 8 nitrogen and oxygen atoms in total. The molecule has 154 valence electrons. The van der Waals surface area contributed by atoms with Crippen molar-refractivity contribution < 1.29 is 19.2 Å². The van der Waals surface area contributed by atoms with Crippen LogP contribution in [0.3, 0.4) is 0 Å². The van der Waals surface area contributed by atoms with Crippen LogP contribution in [0.1, 0.15) is 58.4 Å². The third kappa shape index (κ3) is 3.95. The summed E-state index contributed by atoms with van der Waals surface area (Å²) in [5, 5.41) is 9.02. The van der Waals surface area contributed by atoms with Crippen molar-refractivity contribution >= 4 is 23.6 Å². The minimum atomic E-state index is -0.931. The lowest BCUT2D eigenvalue weighted by Gasteiger charge is -2.27. The van der Waals surface area contributed by atoms with E-state index in [1.165, 1.54) is 12.8 Å². The molecule has 29 heavy (non-hydrogen) atoms. The van der Waals surface area contributed by atoms with E-state index in [0.717, 1.165) is 36.5 Å². The molecule has 4 amide bonds. The van der Waals surface area contributed by atoms with Gasteiger partial charge in [0.1, 0.15) is 6.04 Å². The molecule has 4 rings (SSSR count). The van der Waals surface area contributed by atoms with E-state index in [1.54, 1.807) is 12.1 Å². The van der Waals surface area contributed by atoms with Gasteiger partial charge in [-0.3, -0.25) is 29.4 Å². The zero-order chi connectivity index (χ0) is 20.4. The summed E-state index contributed by atoms with van der Waals surface area (Å²) in [5.41, 5.74) is 1.46. The zero-order valence-corrected chi connectivity index (χ0v) is 16.3. The van der Waals surface area contributed by atoms with Crippen molar-refractivity contribution in [2.45, 2.75) is 44.7 Å². The first kappa shape index (κ1) is 19.7. The lowest BCUT2D eigenvalue weighted by atomic mass is 9.96. The Labute approximate surface area is 169 Å². The number of carbonyl (C=O) groups is 4. The van der Waals surface area contributed by atoms with Gasteiger partial charge in [0.25, 0.3) is 11.8 Å². The Kier molecular flexibility index (Phi) is 5.73. The molecular weight excluding hydrogens is 372 g/mol. The molecule has 1 aromatic rings. The fraction of sp³-hybridized carbons (Fsp3) is 0.524. The van der Waals surface area contributed by atoms with Gasteiger partial charge >= 0.3 is 0 Å². The van der Waals surface area contributed by atoms with Crippen LogP contribution in [0, 0.1) is 5.92 Å². The molecule has 3 heterocycles. The maximum absolute atomic E-state index is 13.0. The van der Waals surface area contributed by atoms with Crippen LogP contribution < -0.4 is 16.0 Å². The molecular formula is C21H26N4O4. The Hall–Kier alpha value is -2.58. The second-order valence-corrected chi connectivity index (χ2v) is 7.96. The van der Waals surface area contributed by atoms with Crippen molar-refractivity contribution in [3.8, 4) is 0 Å². The molecule has 0 bridgehead atoms. The summed E-state index contributed by atoms with van der Waals surface area (Å²) in [6.45, 7) is 3.48. The average molecular weight is 398 g/mol. The highest BCUT2D eigenvalue weighted by Gasteiger charge is 2.45.